The molecular weight excluding hydrogens is 410 g/mol. The van der Waals surface area contributed by atoms with E-state index in [-0.39, 0.29) is 0 Å². The predicted molar refractivity (Wildman–Crippen MR) is 121 cm³/mol. The molecule has 0 fully saturated rings. The molecule has 31 heavy (non-hydrogen) atoms. The molecule has 0 saturated heterocycles. The minimum Gasteiger partial charge on any atom is -0.481 e. The summed E-state index contributed by atoms with van der Waals surface area (Å²) in [5, 5.41) is 4.18. The fraction of sp³-hybridized carbons (Fsp3) is 0.0435. The van der Waals surface area contributed by atoms with Gasteiger partial charge in [0, 0.05) is 24.3 Å². The maximum absolute atomic E-state index is 6.02. The third-order valence-corrected chi connectivity index (χ3v) is 5.45. The van der Waals surface area contributed by atoms with E-state index in [4.69, 9.17) is 9.47 Å². The van der Waals surface area contributed by atoms with E-state index in [1.165, 1.54) is 0 Å². The zero-order valence-electron chi connectivity index (χ0n) is 16.5. The molecule has 7 nitrogen and oxygen atoms in total. The van der Waals surface area contributed by atoms with E-state index in [0.717, 1.165) is 21.0 Å². The lowest BCUT2D eigenvalue weighted by atomic mass is 10.2. The Kier molecular flexibility index (Phi) is 5.12. The first-order valence-electron chi connectivity index (χ1n) is 9.51. The summed E-state index contributed by atoms with van der Waals surface area (Å²) in [4.78, 5) is 17.6. The van der Waals surface area contributed by atoms with Crippen LogP contribution in [0.5, 0.6) is 17.5 Å². The third kappa shape index (κ3) is 4.01. The minimum absolute atomic E-state index is 0.376. The van der Waals surface area contributed by atoms with Gasteiger partial charge in [-0.3, -0.25) is 0 Å². The number of para-hydroxylation sites is 1. The van der Waals surface area contributed by atoms with Crippen LogP contribution in [0.2, 0.25) is 0 Å². The summed E-state index contributed by atoms with van der Waals surface area (Å²) in [5.41, 5.74) is 3.17. The largest absolute Gasteiger partial charge is 0.481 e. The number of benzene rings is 2. The van der Waals surface area contributed by atoms with Crippen molar-refractivity contribution < 1.29 is 9.47 Å². The molecule has 0 amide bonds. The van der Waals surface area contributed by atoms with Crippen molar-refractivity contribution in [2.24, 2.45) is 0 Å². The number of aromatic nitrogens is 4. The third-order valence-electron chi connectivity index (χ3n) is 4.50. The van der Waals surface area contributed by atoms with Crippen LogP contribution in [-0.2, 0) is 0 Å². The average Bonchev–Trinajstić information content (AvgIpc) is 3.23. The molecule has 5 aromatic rings. The molecule has 5 rings (SSSR count). The molecule has 0 radical (unpaired) electrons. The first-order chi connectivity index (χ1) is 15.3. The summed E-state index contributed by atoms with van der Waals surface area (Å²) in [6.07, 6.45) is 4.86. The zero-order chi connectivity index (χ0) is 21.0. The van der Waals surface area contributed by atoms with Crippen molar-refractivity contribution >= 4 is 32.4 Å². The van der Waals surface area contributed by atoms with Crippen molar-refractivity contribution in [3.05, 3.63) is 79.3 Å². The standard InChI is InChI=1S/C23H17N5O2S/c1-29-21-17(5-4-12-25-21)20-22(26-14-13-24-20)30-16-10-8-15(9-11-16)27-23-28-18-6-2-3-7-19(18)31-23/h2-14H,1H3,(H,27,28). The van der Waals surface area contributed by atoms with Crippen molar-refractivity contribution in [3.63, 3.8) is 0 Å². The Morgan fingerprint density at radius 2 is 1.61 bits per heavy atom. The highest BCUT2D eigenvalue weighted by molar-refractivity contribution is 7.22. The van der Waals surface area contributed by atoms with E-state index in [9.17, 15) is 0 Å². The maximum Gasteiger partial charge on any atom is 0.246 e. The molecule has 0 aliphatic rings. The average molecular weight is 427 g/mol. The van der Waals surface area contributed by atoms with Crippen LogP contribution in [0.1, 0.15) is 0 Å². The van der Waals surface area contributed by atoms with Gasteiger partial charge < -0.3 is 14.8 Å². The lowest BCUT2D eigenvalue weighted by molar-refractivity contribution is 0.398. The van der Waals surface area contributed by atoms with Gasteiger partial charge in [0.1, 0.15) is 11.4 Å². The Morgan fingerprint density at radius 1 is 0.806 bits per heavy atom. The Labute approximate surface area is 182 Å². The maximum atomic E-state index is 6.02. The van der Waals surface area contributed by atoms with Crippen molar-refractivity contribution in [2.75, 3.05) is 12.4 Å². The summed E-state index contributed by atoms with van der Waals surface area (Å²) in [7, 11) is 1.57. The van der Waals surface area contributed by atoms with Gasteiger partial charge in [0.2, 0.25) is 11.8 Å². The molecule has 1 N–H and O–H groups in total. The van der Waals surface area contributed by atoms with Crippen LogP contribution < -0.4 is 14.8 Å². The fourth-order valence-electron chi connectivity index (χ4n) is 3.09. The SMILES string of the molecule is COc1ncccc1-c1nccnc1Oc1ccc(Nc2nc3ccccc3s2)cc1. The first kappa shape index (κ1) is 19.0. The molecule has 0 saturated carbocycles. The van der Waals surface area contributed by atoms with E-state index >= 15 is 0 Å². The number of rotatable bonds is 6. The molecule has 8 heteroatoms. The van der Waals surface area contributed by atoms with E-state index in [1.54, 1.807) is 37.0 Å². The van der Waals surface area contributed by atoms with E-state index in [0.29, 0.717) is 28.8 Å². The van der Waals surface area contributed by atoms with Crippen LogP contribution in [0.4, 0.5) is 10.8 Å². The van der Waals surface area contributed by atoms with Gasteiger partial charge in [0.05, 0.1) is 22.9 Å². The number of fused-ring (bicyclic) bond motifs is 1. The highest BCUT2D eigenvalue weighted by Gasteiger charge is 2.15. The molecule has 0 bridgehead atoms. The molecule has 3 heterocycles. The van der Waals surface area contributed by atoms with Gasteiger partial charge in [-0.25, -0.2) is 19.9 Å². The van der Waals surface area contributed by atoms with Crippen molar-refractivity contribution in [1.82, 2.24) is 19.9 Å². The summed E-state index contributed by atoms with van der Waals surface area (Å²) in [6, 6.07) is 19.4. The molecule has 3 aromatic heterocycles. The van der Waals surface area contributed by atoms with Gasteiger partial charge in [-0.1, -0.05) is 23.5 Å². The number of nitrogens with zero attached hydrogens (tertiary/aromatic N) is 4. The second kappa shape index (κ2) is 8.37. The van der Waals surface area contributed by atoms with Crippen molar-refractivity contribution in [1.29, 1.82) is 0 Å². The van der Waals surface area contributed by atoms with Crippen LogP contribution in [0.25, 0.3) is 21.5 Å². The van der Waals surface area contributed by atoms with Crippen LogP contribution in [0.3, 0.4) is 0 Å². The lowest BCUT2D eigenvalue weighted by Crippen LogP contribution is -1.97. The Morgan fingerprint density at radius 3 is 2.45 bits per heavy atom. The van der Waals surface area contributed by atoms with Gasteiger partial charge in [-0.2, -0.15) is 0 Å². The van der Waals surface area contributed by atoms with Crippen LogP contribution >= 0.6 is 11.3 Å². The number of nitrogens with one attached hydrogen (secondary N) is 1. The minimum atomic E-state index is 0.376. The Bertz CT molecular complexity index is 1300. The highest BCUT2D eigenvalue weighted by Crippen LogP contribution is 2.34. The smallest absolute Gasteiger partial charge is 0.246 e. The lowest BCUT2D eigenvalue weighted by Gasteiger charge is -2.11. The van der Waals surface area contributed by atoms with Crippen molar-refractivity contribution in [3.8, 4) is 28.8 Å². The number of pyridine rings is 1. The quantitative estimate of drug-likeness (QED) is 0.373. The van der Waals surface area contributed by atoms with Crippen molar-refractivity contribution in [2.45, 2.75) is 0 Å². The Balaban J connectivity index is 1.37. The first-order valence-corrected chi connectivity index (χ1v) is 10.3. The molecular formula is C23H17N5O2S. The topological polar surface area (TPSA) is 82.1 Å². The van der Waals surface area contributed by atoms with Gasteiger partial charge in [0.15, 0.2) is 5.13 Å². The molecule has 2 aromatic carbocycles. The van der Waals surface area contributed by atoms with Gasteiger partial charge >= 0.3 is 0 Å². The number of ether oxygens (including phenoxy) is 2. The number of thiazole rings is 1. The van der Waals surface area contributed by atoms with E-state index in [2.05, 4.69) is 31.3 Å². The predicted octanol–water partition coefficient (Wildman–Crippen LogP) is 5.69. The molecule has 0 aliphatic carbocycles. The molecule has 0 atom stereocenters. The van der Waals surface area contributed by atoms with E-state index < -0.39 is 0 Å². The van der Waals surface area contributed by atoms with Gasteiger partial charge in [0.25, 0.3) is 0 Å². The van der Waals surface area contributed by atoms with E-state index in [1.807, 2.05) is 54.6 Å². The van der Waals surface area contributed by atoms with Gasteiger partial charge in [-0.05, 0) is 48.5 Å². The summed E-state index contributed by atoms with van der Waals surface area (Å²) >= 11 is 1.61. The fourth-order valence-corrected chi connectivity index (χ4v) is 3.97. The summed E-state index contributed by atoms with van der Waals surface area (Å²) in [6.45, 7) is 0. The highest BCUT2D eigenvalue weighted by atomic mass is 32.1. The summed E-state index contributed by atoms with van der Waals surface area (Å²) in [5.74, 6) is 1.48. The monoisotopic (exact) mass is 427 g/mol. The normalized spacial score (nSPS) is 10.7. The molecule has 0 aliphatic heterocycles. The molecule has 0 spiro atoms. The number of hydrogen-bond acceptors (Lipinski definition) is 8. The number of hydrogen-bond donors (Lipinski definition) is 1. The van der Waals surface area contributed by atoms with Crippen LogP contribution in [0, 0.1) is 0 Å². The summed E-state index contributed by atoms with van der Waals surface area (Å²) < 4.78 is 12.5. The molecule has 0 unspecified atom stereocenters. The second-order valence-electron chi connectivity index (χ2n) is 6.51. The van der Waals surface area contributed by atoms with Gasteiger partial charge in [-0.15, -0.1) is 0 Å². The van der Waals surface area contributed by atoms with Crippen LogP contribution in [0.15, 0.2) is 79.3 Å². The van der Waals surface area contributed by atoms with Crippen LogP contribution in [-0.4, -0.2) is 27.0 Å². The molecule has 152 valence electrons. The number of anilines is 2. The Hall–Kier alpha value is -4.04. The second-order valence-corrected chi connectivity index (χ2v) is 7.54. The number of methoxy groups -OCH3 is 1. The zero-order valence-corrected chi connectivity index (χ0v) is 17.3.